The molecule has 0 aromatic rings. The van der Waals surface area contributed by atoms with Gasteiger partial charge in [-0.05, 0) is 33.4 Å². The lowest BCUT2D eigenvalue weighted by molar-refractivity contribution is 0.176. The van der Waals surface area contributed by atoms with E-state index in [-0.39, 0.29) is 5.54 Å². The van der Waals surface area contributed by atoms with Gasteiger partial charge in [-0.25, -0.2) is 0 Å². The van der Waals surface area contributed by atoms with E-state index in [0.717, 1.165) is 25.2 Å². The Hall–Kier alpha value is -0.610. The van der Waals surface area contributed by atoms with Crippen molar-refractivity contribution in [2.75, 3.05) is 20.1 Å². The van der Waals surface area contributed by atoms with E-state index in [1.165, 1.54) is 19.4 Å². The molecule has 0 aliphatic carbocycles. The van der Waals surface area contributed by atoms with Crippen LogP contribution in [-0.2, 0) is 0 Å². The van der Waals surface area contributed by atoms with Crippen LogP contribution in [0.2, 0.25) is 0 Å². The van der Waals surface area contributed by atoms with E-state index in [4.69, 9.17) is 11.6 Å². The van der Waals surface area contributed by atoms with Crippen LogP contribution >= 0.6 is 11.6 Å². The number of amidine groups is 1. The average Bonchev–Trinajstić information content (AvgIpc) is 2.21. The second-order valence-electron chi connectivity index (χ2n) is 5.05. The number of likely N-dealkylation sites (N-methyl/N-ethyl adjacent to an activating group) is 1. The Morgan fingerprint density at radius 1 is 1.38 bits per heavy atom. The minimum absolute atomic E-state index is 0.130. The molecule has 90 valence electrons. The van der Waals surface area contributed by atoms with Gasteiger partial charge < -0.3 is 10.2 Å². The Morgan fingerprint density at radius 3 is 2.81 bits per heavy atom. The predicted octanol–water partition coefficient (Wildman–Crippen LogP) is 1.80. The summed E-state index contributed by atoms with van der Waals surface area (Å²) in [5, 5.41) is 12.2. The first-order chi connectivity index (χ1) is 7.57. The molecular weight excluding hydrogens is 224 g/mol. The lowest BCUT2D eigenvalue weighted by Gasteiger charge is -2.40. The summed E-state index contributed by atoms with van der Waals surface area (Å²) >= 11 is 5.79. The van der Waals surface area contributed by atoms with E-state index < -0.39 is 0 Å². The normalized spacial score (nSPS) is 31.9. The van der Waals surface area contributed by atoms with Crippen LogP contribution < -0.4 is 5.32 Å². The van der Waals surface area contributed by atoms with Gasteiger partial charge in [0.15, 0.2) is 0 Å². The van der Waals surface area contributed by atoms with Crippen molar-refractivity contribution in [2.45, 2.75) is 38.1 Å². The smallest absolute Gasteiger partial charge is 0.129 e. The molecule has 0 spiro atoms. The van der Waals surface area contributed by atoms with Crippen LogP contribution in [0.15, 0.2) is 10.2 Å². The molecule has 2 aliphatic rings. The molecular formula is C11H19ClN4. The van der Waals surface area contributed by atoms with Crippen LogP contribution in [0.4, 0.5) is 0 Å². The fourth-order valence-electron chi connectivity index (χ4n) is 2.47. The Kier molecular flexibility index (Phi) is 3.50. The summed E-state index contributed by atoms with van der Waals surface area (Å²) in [6.07, 6.45) is 4.10. The molecule has 0 aromatic heterocycles. The zero-order chi connectivity index (χ0) is 11.6. The second kappa shape index (κ2) is 4.72. The summed E-state index contributed by atoms with van der Waals surface area (Å²) in [7, 11) is 2.16. The van der Waals surface area contributed by atoms with E-state index in [2.05, 4.69) is 34.4 Å². The largest absolute Gasteiger partial charge is 0.366 e. The molecule has 4 nitrogen and oxygen atoms in total. The first-order valence-corrected chi connectivity index (χ1v) is 6.21. The molecule has 0 amide bonds. The van der Waals surface area contributed by atoms with E-state index in [1.54, 1.807) is 0 Å². The van der Waals surface area contributed by atoms with E-state index in [1.807, 2.05) is 0 Å². The molecule has 1 saturated heterocycles. The first-order valence-electron chi connectivity index (χ1n) is 5.83. The third-order valence-corrected chi connectivity index (χ3v) is 3.45. The highest BCUT2D eigenvalue weighted by Crippen LogP contribution is 2.20. The van der Waals surface area contributed by atoms with Crippen molar-refractivity contribution in [3.8, 4) is 0 Å². The van der Waals surface area contributed by atoms with Gasteiger partial charge in [0.2, 0.25) is 0 Å². The van der Waals surface area contributed by atoms with Crippen molar-refractivity contribution in [3.63, 3.8) is 0 Å². The quantitative estimate of drug-likeness (QED) is 0.762. The monoisotopic (exact) mass is 242 g/mol. The number of nitrogens with one attached hydrogen (secondary N) is 1. The number of likely N-dealkylation sites (tertiary alicyclic amines) is 1. The van der Waals surface area contributed by atoms with Crippen LogP contribution in [0.3, 0.4) is 0 Å². The van der Waals surface area contributed by atoms with Gasteiger partial charge in [0.1, 0.15) is 11.0 Å². The van der Waals surface area contributed by atoms with E-state index in [0.29, 0.717) is 5.17 Å². The minimum atomic E-state index is 0.130. The molecule has 1 unspecified atom stereocenters. The molecule has 0 radical (unpaired) electrons. The fraction of sp³-hybridized carbons (Fsp3) is 0.818. The maximum absolute atomic E-state index is 5.79. The van der Waals surface area contributed by atoms with Crippen LogP contribution in [0.25, 0.3) is 0 Å². The van der Waals surface area contributed by atoms with Crippen LogP contribution in [0, 0.1) is 0 Å². The van der Waals surface area contributed by atoms with Crippen LogP contribution in [0.5, 0.6) is 0 Å². The molecule has 1 atom stereocenters. The maximum Gasteiger partial charge on any atom is 0.129 e. The third-order valence-electron chi connectivity index (χ3n) is 3.18. The average molecular weight is 243 g/mol. The van der Waals surface area contributed by atoms with Gasteiger partial charge in [0.25, 0.3) is 0 Å². The molecule has 16 heavy (non-hydrogen) atoms. The summed E-state index contributed by atoms with van der Waals surface area (Å²) < 4.78 is 0. The van der Waals surface area contributed by atoms with E-state index >= 15 is 0 Å². The number of hydrogen-bond acceptors (Lipinski definition) is 4. The van der Waals surface area contributed by atoms with Gasteiger partial charge in [-0.15, -0.1) is 10.2 Å². The Labute approximate surface area is 102 Å². The Bertz CT molecular complexity index is 326. The number of piperidine rings is 1. The van der Waals surface area contributed by atoms with Gasteiger partial charge in [-0.1, -0.05) is 11.6 Å². The molecule has 2 aliphatic heterocycles. The Morgan fingerprint density at radius 2 is 2.19 bits per heavy atom. The van der Waals surface area contributed by atoms with Crippen molar-refractivity contribution in [1.29, 1.82) is 0 Å². The fourth-order valence-corrected chi connectivity index (χ4v) is 2.60. The maximum atomic E-state index is 5.79. The standard InChI is InChI=1S/C11H19ClN4/c1-11(6-3-7-16(2)8-11)13-10-5-4-9(12)14-15-10/h3-8H2,1-2H3,(H,13,15). The van der Waals surface area contributed by atoms with Crippen molar-refractivity contribution < 1.29 is 0 Å². The van der Waals surface area contributed by atoms with Gasteiger partial charge in [-0.3, -0.25) is 0 Å². The highest BCUT2D eigenvalue weighted by molar-refractivity contribution is 6.65. The van der Waals surface area contributed by atoms with Crippen molar-refractivity contribution >= 4 is 22.6 Å². The molecule has 0 aromatic carbocycles. The topological polar surface area (TPSA) is 40.0 Å². The lowest BCUT2D eigenvalue weighted by Crippen LogP contribution is -2.56. The molecule has 1 fully saturated rings. The molecule has 1 N–H and O–H groups in total. The molecule has 0 saturated carbocycles. The van der Waals surface area contributed by atoms with Crippen molar-refractivity contribution in [2.24, 2.45) is 10.2 Å². The molecule has 5 heteroatoms. The summed E-state index contributed by atoms with van der Waals surface area (Å²) in [6.45, 7) is 4.50. The molecule has 2 heterocycles. The number of rotatable bonds is 1. The number of hydrogen-bond donors (Lipinski definition) is 1. The van der Waals surface area contributed by atoms with Crippen molar-refractivity contribution in [1.82, 2.24) is 10.2 Å². The predicted molar refractivity (Wildman–Crippen MR) is 68.2 cm³/mol. The highest BCUT2D eigenvalue weighted by Gasteiger charge is 2.30. The first kappa shape index (κ1) is 11.9. The summed E-state index contributed by atoms with van der Waals surface area (Å²) in [5.41, 5.74) is 0.130. The highest BCUT2D eigenvalue weighted by atomic mass is 35.5. The molecule has 2 rings (SSSR count). The van der Waals surface area contributed by atoms with Crippen LogP contribution in [-0.4, -0.2) is 41.6 Å². The van der Waals surface area contributed by atoms with Crippen molar-refractivity contribution in [3.05, 3.63) is 0 Å². The zero-order valence-electron chi connectivity index (χ0n) is 9.96. The van der Waals surface area contributed by atoms with Gasteiger partial charge >= 0.3 is 0 Å². The third kappa shape index (κ3) is 2.95. The zero-order valence-corrected chi connectivity index (χ0v) is 10.7. The van der Waals surface area contributed by atoms with Crippen LogP contribution in [0.1, 0.15) is 32.6 Å². The van der Waals surface area contributed by atoms with E-state index in [9.17, 15) is 0 Å². The van der Waals surface area contributed by atoms with Gasteiger partial charge in [0.05, 0.1) is 0 Å². The summed E-state index contributed by atoms with van der Waals surface area (Å²) in [5.74, 6) is 0.974. The summed E-state index contributed by atoms with van der Waals surface area (Å²) in [6, 6.07) is 0. The minimum Gasteiger partial charge on any atom is -0.366 e. The molecule has 0 bridgehead atoms. The van der Waals surface area contributed by atoms with Gasteiger partial charge in [-0.2, -0.15) is 0 Å². The Balaban J connectivity index is 1.98. The number of nitrogens with zero attached hydrogens (tertiary/aromatic N) is 3. The number of halogens is 1. The SMILES string of the molecule is CN1CCCC(C)(NC2=NN=C(Cl)CC2)C1. The second-order valence-corrected chi connectivity index (χ2v) is 5.49. The lowest BCUT2D eigenvalue weighted by atomic mass is 9.91. The van der Waals surface area contributed by atoms with Gasteiger partial charge in [0, 0.05) is 24.9 Å². The summed E-state index contributed by atoms with van der Waals surface area (Å²) in [4.78, 5) is 2.36.